The molecule has 1 aliphatic rings. The average molecular weight is 337 g/mol. The SMILES string of the molecule is O=C(O)C[C@@H](NC(=O)C[C@H]1CCCc2ccccc21)c1ccccc1. The molecule has 0 aliphatic heterocycles. The lowest BCUT2D eigenvalue weighted by Gasteiger charge is -2.26. The lowest BCUT2D eigenvalue weighted by atomic mass is 9.81. The molecule has 0 bridgehead atoms. The second-order valence-electron chi connectivity index (χ2n) is 6.62. The highest BCUT2D eigenvalue weighted by Crippen LogP contribution is 2.34. The Bertz CT molecular complexity index is 742. The molecule has 0 aromatic heterocycles. The summed E-state index contributed by atoms with van der Waals surface area (Å²) in [5, 5.41) is 12.1. The largest absolute Gasteiger partial charge is 0.481 e. The summed E-state index contributed by atoms with van der Waals surface area (Å²) >= 11 is 0. The molecule has 1 amide bonds. The molecule has 25 heavy (non-hydrogen) atoms. The average Bonchev–Trinajstić information content (AvgIpc) is 2.62. The fourth-order valence-corrected chi connectivity index (χ4v) is 3.66. The van der Waals surface area contributed by atoms with Crippen LogP contribution in [0.4, 0.5) is 0 Å². The first-order valence-corrected chi connectivity index (χ1v) is 8.77. The third-order valence-electron chi connectivity index (χ3n) is 4.84. The lowest BCUT2D eigenvalue weighted by Crippen LogP contribution is -2.31. The van der Waals surface area contributed by atoms with Gasteiger partial charge in [-0.1, -0.05) is 54.6 Å². The van der Waals surface area contributed by atoms with Gasteiger partial charge >= 0.3 is 5.97 Å². The Labute approximate surface area is 147 Å². The Kier molecular flexibility index (Phi) is 5.49. The van der Waals surface area contributed by atoms with Crippen LogP contribution in [0.5, 0.6) is 0 Å². The first-order valence-electron chi connectivity index (χ1n) is 8.77. The van der Waals surface area contributed by atoms with E-state index < -0.39 is 12.0 Å². The van der Waals surface area contributed by atoms with E-state index in [0.29, 0.717) is 6.42 Å². The number of benzene rings is 2. The summed E-state index contributed by atoms with van der Waals surface area (Å²) < 4.78 is 0. The van der Waals surface area contributed by atoms with Crippen LogP contribution in [0.1, 0.15) is 54.3 Å². The Balaban J connectivity index is 1.69. The molecule has 2 aromatic rings. The predicted molar refractivity (Wildman–Crippen MR) is 96.3 cm³/mol. The first kappa shape index (κ1) is 17.2. The second kappa shape index (κ2) is 7.97. The molecule has 2 N–H and O–H groups in total. The van der Waals surface area contributed by atoms with E-state index in [0.717, 1.165) is 24.8 Å². The van der Waals surface area contributed by atoms with Crippen LogP contribution in [0, 0.1) is 0 Å². The van der Waals surface area contributed by atoms with E-state index in [-0.39, 0.29) is 18.2 Å². The second-order valence-corrected chi connectivity index (χ2v) is 6.62. The van der Waals surface area contributed by atoms with Crippen LogP contribution < -0.4 is 5.32 Å². The summed E-state index contributed by atoms with van der Waals surface area (Å²) in [4.78, 5) is 23.7. The highest BCUT2D eigenvalue weighted by atomic mass is 16.4. The number of carboxylic acid groups (broad SMARTS) is 1. The van der Waals surface area contributed by atoms with Gasteiger partial charge in [-0.15, -0.1) is 0 Å². The molecule has 3 rings (SSSR count). The molecule has 2 atom stereocenters. The van der Waals surface area contributed by atoms with Gasteiger partial charge in [-0.25, -0.2) is 0 Å². The van der Waals surface area contributed by atoms with Crippen LogP contribution in [0.2, 0.25) is 0 Å². The van der Waals surface area contributed by atoms with Gasteiger partial charge in [0.2, 0.25) is 5.91 Å². The Hall–Kier alpha value is -2.62. The summed E-state index contributed by atoms with van der Waals surface area (Å²) in [5.41, 5.74) is 3.41. The van der Waals surface area contributed by atoms with Crippen molar-refractivity contribution in [1.29, 1.82) is 0 Å². The summed E-state index contributed by atoms with van der Waals surface area (Å²) in [7, 11) is 0. The maximum absolute atomic E-state index is 12.6. The van der Waals surface area contributed by atoms with Gasteiger partial charge in [0.15, 0.2) is 0 Å². The molecule has 4 nitrogen and oxygen atoms in total. The number of carbonyl (C=O) groups excluding carboxylic acids is 1. The van der Waals surface area contributed by atoms with Crippen LogP contribution >= 0.6 is 0 Å². The van der Waals surface area contributed by atoms with E-state index >= 15 is 0 Å². The number of carboxylic acids is 1. The van der Waals surface area contributed by atoms with E-state index in [1.807, 2.05) is 42.5 Å². The normalized spacial score (nSPS) is 17.4. The van der Waals surface area contributed by atoms with Crippen LogP contribution in [0.15, 0.2) is 54.6 Å². The van der Waals surface area contributed by atoms with Crippen molar-refractivity contribution >= 4 is 11.9 Å². The molecule has 2 aromatic carbocycles. The molecule has 0 radical (unpaired) electrons. The summed E-state index contributed by atoms with van der Waals surface area (Å²) in [6, 6.07) is 17.1. The van der Waals surface area contributed by atoms with Crippen molar-refractivity contribution in [2.45, 2.75) is 44.1 Å². The number of nitrogens with one attached hydrogen (secondary N) is 1. The van der Waals surface area contributed by atoms with Gasteiger partial charge in [-0.05, 0) is 41.9 Å². The maximum Gasteiger partial charge on any atom is 0.305 e. The number of hydrogen-bond acceptors (Lipinski definition) is 2. The molecule has 0 saturated carbocycles. The van der Waals surface area contributed by atoms with E-state index in [2.05, 4.69) is 17.4 Å². The number of rotatable bonds is 6. The smallest absolute Gasteiger partial charge is 0.305 e. The standard InChI is InChI=1S/C21H23NO3/c23-20(13-17-11-6-10-15-7-4-5-12-18(15)17)22-19(14-21(24)25)16-8-2-1-3-9-16/h1-5,7-9,12,17,19H,6,10-11,13-14H2,(H,22,23)(H,24,25)/t17-,19-/m1/s1. The van der Waals surface area contributed by atoms with Crippen molar-refractivity contribution < 1.29 is 14.7 Å². The van der Waals surface area contributed by atoms with Crippen molar-refractivity contribution in [3.05, 3.63) is 71.3 Å². The minimum atomic E-state index is -0.919. The van der Waals surface area contributed by atoms with Gasteiger partial charge in [-0.3, -0.25) is 9.59 Å². The van der Waals surface area contributed by atoms with E-state index in [4.69, 9.17) is 5.11 Å². The molecule has 0 unspecified atom stereocenters. The molecular weight excluding hydrogens is 314 g/mol. The number of fused-ring (bicyclic) bond motifs is 1. The highest BCUT2D eigenvalue weighted by Gasteiger charge is 2.24. The maximum atomic E-state index is 12.6. The van der Waals surface area contributed by atoms with Gasteiger partial charge in [0.25, 0.3) is 0 Å². The molecule has 0 spiro atoms. The van der Waals surface area contributed by atoms with Gasteiger partial charge in [-0.2, -0.15) is 0 Å². The zero-order valence-electron chi connectivity index (χ0n) is 14.2. The van der Waals surface area contributed by atoms with Crippen molar-refractivity contribution in [2.24, 2.45) is 0 Å². The highest BCUT2D eigenvalue weighted by molar-refractivity contribution is 5.78. The number of aryl methyl sites for hydroxylation is 1. The lowest BCUT2D eigenvalue weighted by molar-refractivity contribution is -0.137. The predicted octanol–water partition coefficient (Wildman–Crippen LogP) is 3.83. The monoisotopic (exact) mass is 337 g/mol. The Morgan fingerprint density at radius 3 is 2.56 bits per heavy atom. The molecule has 0 fully saturated rings. The van der Waals surface area contributed by atoms with Crippen molar-refractivity contribution in [2.75, 3.05) is 0 Å². The molecule has 4 heteroatoms. The van der Waals surface area contributed by atoms with Crippen LogP contribution in [0.25, 0.3) is 0 Å². The van der Waals surface area contributed by atoms with E-state index in [1.54, 1.807) is 0 Å². The Morgan fingerprint density at radius 1 is 1.08 bits per heavy atom. The fraction of sp³-hybridized carbons (Fsp3) is 0.333. The van der Waals surface area contributed by atoms with Crippen molar-refractivity contribution in [1.82, 2.24) is 5.32 Å². The summed E-state index contributed by atoms with van der Waals surface area (Å²) in [6.45, 7) is 0. The zero-order chi connectivity index (χ0) is 17.6. The number of hydrogen-bond donors (Lipinski definition) is 2. The van der Waals surface area contributed by atoms with Crippen molar-refractivity contribution in [3.8, 4) is 0 Å². The first-order chi connectivity index (χ1) is 12.1. The van der Waals surface area contributed by atoms with Gasteiger partial charge in [0.05, 0.1) is 12.5 Å². The molecule has 1 aliphatic carbocycles. The zero-order valence-corrected chi connectivity index (χ0v) is 14.2. The third kappa shape index (κ3) is 4.47. The van der Waals surface area contributed by atoms with Gasteiger partial charge in [0, 0.05) is 6.42 Å². The Morgan fingerprint density at radius 2 is 1.80 bits per heavy atom. The summed E-state index contributed by atoms with van der Waals surface area (Å²) in [5.74, 6) is -0.792. The van der Waals surface area contributed by atoms with Crippen molar-refractivity contribution in [3.63, 3.8) is 0 Å². The van der Waals surface area contributed by atoms with E-state index in [9.17, 15) is 9.59 Å². The van der Waals surface area contributed by atoms with E-state index in [1.165, 1.54) is 11.1 Å². The van der Waals surface area contributed by atoms with Gasteiger partial charge < -0.3 is 10.4 Å². The number of amides is 1. The minimum Gasteiger partial charge on any atom is -0.481 e. The number of carbonyl (C=O) groups is 2. The molecule has 0 heterocycles. The third-order valence-corrected chi connectivity index (χ3v) is 4.84. The molecule has 0 saturated heterocycles. The molecule has 130 valence electrons. The molecular formula is C21H23NO3. The van der Waals surface area contributed by atoms with Crippen LogP contribution in [-0.4, -0.2) is 17.0 Å². The topological polar surface area (TPSA) is 66.4 Å². The van der Waals surface area contributed by atoms with Crippen LogP contribution in [-0.2, 0) is 16.0 Å². The minimum absolute atomic E-state index is 0.0863. The quantitative estimate of drug-likeness (QED) is 0.842. The van der Waals surface area contributed by atoms with Gasteiger partial charge in [0.1, 0.15) is 0 Å². The fourth-order valence-electron chi connectivity index (χ4n) is 3.66. The van der Waals surface area contributed by atoms with Crippen LogP contribution in [0.3, 0.4) is 0 Å². The summed E-state index contributed by atoms with van der Waals surface area (Å²) in [6.07, 6.45) is 3.45. The number of aliphatic carboxylic acids is 1.